The quantitative estimate of drug-likeness (QED) is 0.851. The van der Waals surface area contributed by atoms with Crippen molar-refractivity contribution in [1.82, 2.24) is 9.97 Å². The Morgan fingerprint density at radius 2 is 1.84 bits per heavy atom. The molecular weight excluding hydrogens is 308 g/mol. The predicted molar refractivity (Wildman–Crippen MR) is 77.5 cm³/mol. The van der Waals surface area contributed by atoms with Gasteiger partial charge < -0.3 is 9.97 Å². The van der Waals surface area contributed by atoms with E-state index in [-0.39, 0.29) is 11.5 Å². The van der Waals surface area contributed by atoms with E-state index in [0.717, 1.165) is 17.3 Å². The van der Waals surface area contributed by atoms with Gasteiger partial charge in [-0.25, -0.2) is 4.79 Å². The first-order valence-corrected chi connectivity index (χ1v) is 7.37. The molecular formula is C14H15BrN2O2. The molecule has 0 spiro atoms. The Morgan fingerprint density at radius 3 is 2.53 bits per heavy atom. The molecule has 2 aromatic rings. The summed E-state index contributed by atoms with van der Waals surface area (Å²) in [5, 5.41) is 0. The van der Waals surface area contributed by atoms with Gasteiger partial charge in [0.05, 0.1) is 11.0 Å². The summed E-state index contributed by atoms with van der Waals surface area (Å²) in [4.78, 5) is 29.0. The van der Waals surface area contributed by atoms with Crippen molar-refractivity contribution in [2.24, 2.45) is 5.92 Å². The van der Waals surface area contributed by atoms with Gasteiger partial charge in [-0.15, -0.1) is 0 Å². The van der Waals surface area contributed by atoms with Crippen LogP contribution in [0.25, 0.3) is 11.0 Å². The molecule has 0 bridgehead atoms. The number of ketones is 1. The van der Waals surface area contributed by atoms with E-state index in [2.05, 4.69) is 25.9 Å². The molecule has 1 aliphatic carbocycles. The van der Waals surface area contributed by atoms with Gasteiger partial charge in [0.1, 0.15) is 0 Å². The van der Waals surface area contributed by atoms with Crippen LogP contribution in [0.15, 0.2) is 21.4 Å². The molecule has 1 aliphatic rings. The molecule has 0 aliphatic heterocycles. The van der Waals surface area contributed by atoms with Crippen molar-refractivity contribution in [3.63, 3.8) is 0 Å². The minimum absolute atomic E-state index is 0.155. The lowest BCUT2D eigenvalue weighted by atomic mass is 9.97. The number of rotatable bonds is 3. The number of hydrogen-bond acceptors (Lipinski definition) is 2. The first-order valence-electron chi connectivity index (χ1n) is 6.58. The first kappa shape index (κ1) is 12.7. The molecule has 0 unspecified atom stereocenters. The number of hydrogen-bond donors (Lipinski definition) is 2. The predicted octanol–water partition coefficient (Wildman–Crippen LogP) is 3.38. The fourth-order valence-corrected chi connectivity index (χ4v) is 3.42. The van der Waals surface area contributed by atoms with Crippen molar-refractivity contribution >= 4 is 32.7 Å². The normalized spacial score (nSPS) is 16.3. The van der Waals surface area contributed by atoms with Crippen molar-refractivity contribution in [2.75, 3.05) is 0 Å². The van der Waals surface area contributed by atoms with Gasteiger partial charge in [-0.05, 0) is 34.0 Å². The topological polar surface area (TPSA) is 65.7 Å². The Labute approximate surface area is 118 Å². The van der Waals surface area contributed by atoms with E-state index in [9.17, 15) is 9.59 Å². The monoisotopic (exact) mass is 322 g/mol. The first-order chi connectivity index (χ1) is 9.13. The van der Waals surface area contributed by atoms with Crippen LogP contribution in [-0.4, -0.2) is 15.8 Å². The third-order valence-electron chi connectivity index (χ3n) is 3.85. The zero-order chi connectivity index (χ0) is 13.4. The Morgan fingerprint density at radius 1 is 1.21 bits per heavy atom. The summed E-state index contributed by atoms with van der Waals surface area (Å²) in [5.74, 6) is 0.683. The summed E-state index contributed by atoms with van der Waals surface area (Å²) in [5.41, 5.74) is 1.81. The van der Waals surface area contributed by atoms with Crippen LogP contribution in [0.5, 0.6) is 0 Å². The SMILES string of the molecule is O=C(CC1CCCC1)c1cc2[nH]c(=O)[nH]c2cc1Br. The summed E-state index contributed by atoms with van der Waals surface area (Å²) in [7, 11) is 0. The number of carbonyl (C=O) groups is 1. The molecule has 1 fully saturated rings. The smallest absolute Gasteiger partial charge is 0.306 e. The number of H-pyrrole nitrogens is 2. The zero-order valence-electron chi connectivity index (χ0n) is 10.5. The molecule has 1 aromatic carbocycles. The third-order valence-corrected chi connectivity index (χ3v) is 4.51. The lowest BCUT2D eigenvalue weighted by Gasteiger charge is -2.09. The van der Waals surface area contributed by atoms with Crippen LogP contribution in [0.1, 0.15) is 42.5 Å². The maximum Gasteiger partial charge on any atom is 0.323 e. The largest absolute Gasteiger partial charge is 0.323 e. The van der Waals surface area contributed by atoms with Crippen LogP contribution >= 0.6 is 15.9 Å². The van der Waals surface area contributed by atoms with Gasteiger partial charge in [-0.2, -0.15) is 0 Å². The molecule has 4 nitrogen and oxygen atoms in total. The molecule has 3 rings (SSSR count). The molecule has 1 heterocycles. The second-order valence-electron chi connectivity index (χ2n) is 5.23. The second kappa shape index (κ2) is 4.96. The van der Waals surface area contributed by atoms with Crippen LogP contribution in [0.4, 0.5) is 0 Å². The lowest BCUT2D eigenvalue weighted by Crippen LogP contribution is -2.06. The van der Waals surface area contributed by atoms with Gasteiger partial charge in [0.25, 0.3) is 0 Å². The molecule has 100 valence electrons. The fourth-order valence-electron chi connectivity index (χ4n) is 2.86. The summed E-state index contributed by atoms with van der Waals surface area (Å²) >= 11 is 3.42. The van der Waals surface area contributed by atoms with Crippen LogP contribution < -0.4 is 5.69 Å². The number of benzene rings is 1. The van der Waals surface area contributed by atoms with Gasteiger partial charge in [-0.1, -0.05) is 25.7 Å². The number of fused-ring (bicyclic) bond motifs is 1. The average Bonchev–Trinajstić information content (AvgIpc) is 2.96. The van der Waals surface area contributed by atoms with E-state index in [1.165, 1.54) is 12.8 Å². The maximum atomic E-state index is 12.3. The lowest BCUT2D eigenvalue weighted by molar-refractivity contribution is 0.0961. The maximum absolute atomic E-state index is 12.3. The minimum atomic E-state index is -0.248. The molecule has 0 atom stereocenters. The summed E-state index contributed by atoms with van der Waals surface area (Å²) in [6, 6.07) is 3.55. The highest BCUT2D eigenvalue weighted by atomic mass is 79.9. The average molecular weight is 323 g/mol. The van der Waals surface area contributed by atoms with Gasteiger partial charge in [-0.3, -0.25) is 4.79 Å². The number of nitrogens with one attached hydrogen (secondary N) is 2. The van der Waals surface area contributed by atoms with Crippen molar-refractivity contribution < 1.29 is 4.79 Å². The molecule has 0 amide bonds. The molecule has 5 heteroatoms. The highest BCUT2D eigenvalue weighted by Gasteiger charge is 2.21. The highest BCUT2D eigenvalue weighted by Crippen LogP contribution is 2.30. The molecule has 19 heavy (non-hydrogen) atoms. The molecule has 2 N–H and O–H groups in total. The summed E-state index contributed by atoms with van der Waals surface area (Å²) in [6.07, 6.45) is 5.41. The van der Waals surface area contributed by atoms with Crippen LogP contribution in [0.2, 0.25) is 0 Å². The molecule has 0 saturated heterocycles. The van der Waals surface area contributed by atoms with E-state index < -0.39 is 0 Å². The van der Waals surface area contributed by atoms with Crippen LogP contribution in [-0.2, 0) is 0 Å². The van der Waals surface area contributed by atoms with Gasteiger partial charge in [0.2, 0.25) is 0 Å². The Balaban J connectivity index is 1.92. The number of carbonyl (C=O) groups excluding carboxylic acids is 1. The van der Waals surface area contributed by atoms with E-state index in [0.29, 0.717) is 28.9 Å². The number of aromatic amines is 2. The van der Waals surface area contributed by atoms with Crippen LogP contribution in [0.3, 0.4) is 0 Å². The van der Waals surface area contributed by atoms with Gasteiger partial charge in [0.15, 0.2) is 5.78 Å². The Hall–Kier alpha value is -1.36. The number of Topliss-reactive ketones (excluding diaryl/α,β-unsaturated/α-hetero) is 1. The van der Waals surface area contributed by atoms with Gasteiger partial charge >= 0.3 is 5.69 Å². The Bertz CT molecular complexity index is 680. The molecule has 1 saturated carbocycles. The minimum Gasteiger partial charge on any atom is -0.306 e. The standard InChI is InChI=1S/C14H15BrN2O2/c15-10-7-12-11(16-14(19)17-12)6-9(10)13(18)5-8-3-1-2-4-8/h6-8H,1-5H2,(H2,16,17,19). The number of halogens is 1. The number of aromatic nitrogens is 2. The molecule has 1 aromatic heterocycles. The van der Waals surface area contributed by atoms with Crippen molar-refractivity contribution in [3.8, 4) is 0 Å². The van der Waals surface area contributed by atoms with Crippen LogP contribution in [0, 0.1) is 5.92 Å². The van der Waals surface area contributed by atoms with E-state index >= 15 is 0 Å². The summed E-state index contributed by atoms with van der Waals surface area (Å²) < 4.78 is 0.748. The zero-order valence-corrected chi connectivity index (χ0v) is 12.0. The van der Waals surface area contributed by atoms with E-state index in [1.807, 2.05) is 0 Å². The van der Waals surface area contributed by atoms with Crippen molar-refractivity contribution in [1.29, 1.82) is 0 Å². The van der Waals surface area contributed by atoms with Crippen molar-refractivity contribution in [3.05, 3.63) is 32.7 Å². The third kappa shape index (κ3) is 2.52. The van der Waals surface area contributed by atoms with E-state index in [4.69, 9.17) is 0 Å². The Kier molecular flexibility index (Phi) is 3.31. The fraction of sp³-hybridized carbons (Fsp3) is 0.429. The second-order valence-corrected chi connectivity index (χ2v) is 6.09. The number of imidazole rings is 1. The highest BCUT2D eigenvalue weighted by molar-refractivity contribution is 9.10. The summed E-state index contributed by atoms with van der Waals surface area (Å²) in [6.45, 7) is 0. The van der Waals surface area contributed by atoms with Crippen molar-refractivity contribution in [2.45, 2.75) is 32.1 Å². The van der Waals surface area contributed by atoms with E-state index in [1.54, 1.807) is 12.1 Å². The van der Waals surface area contributed by atoms with Gasteiger partial charge in [0, 0.05) is 16.5 Å². The molecule has 0 radical (unpaired) electrons.